The molecular formula is C30H39N7O3. The Balaban J connectivity index is 1.37. The molecule has 0 bridgehead atoms. The zero-order valence-electron chi connectivity index (χ0n) is 23.3. The van der Waals surface area contributed by atoms with E-state index in [1.807, 2.05) is 12.1 Å². The van der Waals surface area contributed by atoms with E-state index in [0.717, 1.165) is 49.9 Å². The molecule has 3 aliphatic heterocycles. The average Bonchev–Trinajstić information content (AvgIpc) is 3.40. The van der Waals surface area contributed by atoms with Crippen LogP contribution in [0.4, 0.5) is 11.5 Å². The van der Waals surface area contributed by atoms with E-state index in [1.54, 1.807) is 4.90 Å². The van der Waals surface area contributed by atoms with Gasteiger partial charge in [0.2, 0.25) is 11.8 Å². The van der Waals surface area contributed by atoms with Gasteiger partial charge in [0, 0.05) is 38.6 Å². The second kappa shape index (κ2) is 10.8. The Morgan fingerprint density at radius 1 is 1.23 bits per heavy atom. The average molecular weight is 546 g/mol. The highest BCUT2D eigenvalue weighted by Gasteiger charge is 2.48. The van der Waals surface area contributed by atoms with Crippen LogP contribution in [0.2, 0.25) is 0 Å². The van der Waals surface area contributed by atoms with Gasteiger partial charge in [0.25, 0.3) is 0 Å². The number of benzene rings is 1. The molecular weight excluding hydrogens is 506 g/mol. The van der Waals surface area contributed by atoms with E-state index in [1.165, 1.54) is 11.6 Å². The van der Waals surface area contributed by atoms with Crippen LogP contribution < -0.4 is 20.7 Å². The summed E-state index contributed by atoms with van der Waals surface area (Å²) < 4.78 is 6.25. The van der Waals surface area contributed by atoms with E-state index in [2.05, 4.69) is 40.9 Å². The second-order valence-corrected chi connectivity index (χ2v) is 11.5. The zero-order chi connectivity index (χ0) is 27.9. The molecule has 6 rings (SSSR count). The molecule has 3 atom stereocenters. The Morgan fingerprint density at radius 2 is 2.08 bits per heavy atom. The van der Waals surface area contributed by atoms with E-state index in [4.69, 9.17) is 20.4 Å². The fourth-order valence-electron chi connectivity index (χ4n) is 6.98. The molecule has 0 saturated carbocycles. The highest BCUT2D eigenvalue weighted by atomic mass is 16.5. The highest BCUT2D eigenvalue weighted by molar-refractivity contribution is 6.04. The van der Waals surface area contributed by atoms with Gasteiger partial charge in [-0.15, -0.1) is 0 Å². The Kier molecular flexibility index (Phi) is 7.22. The number of rotatable bonds is 6. The number of carbonyl (C=O) groups excluding carboxylic acids is 2. The first-order valence-corrected chi connectivity index (χ1v) is 14.5. The van der Waals surface area contributed by atoms with Crippen molar-refractivity contribution in [1.29, 1.82) is 0 Å². The molecule has 0 radical (unpaired) electrons. The van der Waals surface area contributed by atoms with Crippen molar-refractivity contribution < 1.29 is 14.3 Å². The van der Waals surface area contributed by atoms with Crippen LogP contribution in [0.25, 0.3) is 0 Å². The fraction of sp³-hybridized carbons (Fsp3) is 0.533. The van der Waals surface area contributed by atoms with Crippen LogP contribution in [-0.4, -0.2) is 90.0 Å². The molecule has 10 nitrogen and oxygen atoms in total. The molecule has 3 N–H and O–H groups in total. The van der Waals surface area contributed by atoms with Gasteiger partial charge in [0.15, 0.2) is 5.82 Å². The fourth-order valence-corrected chi connectivity index (χ4v) is 6.98. The van der Waals surface area contributed by atoms with Crippen LogP contribution in [0.3, 0.4) is 0 Å². The van der Waals surface area contributed by atoms with Crippen LogP contribution in [0.5, 0.6) is 6.01 Å². The summed E-state index contributed by atoms with van der Waals surface area (Å²) in [6.45, 7) is 7.06. The maximum atomic E-state index is 13.9. The van der Waals surface area contributed by atoms with E-state index >= 15 is 0 Å². The van der Waals surface area contributed by atoms with Gasteiger partial charge < -0.3 is 30.5 Å². The molecule has 2 aromatic rings. The summed E-state index contributed by atoms with van der Waals surface area (Å²) in [5.41, 5.74) is 9.20. The largest absolute Gasteiger partial charge is 0.462 e. The van der Waals surface area contributed by atoms with Gasteiger partial charge in [-0.05, 0) is 62.9 Å². The summed E-state index contributed by atoms with van der Waals surface area (Å²) in [7, 11) is 2.12. The van der Waals surface area contributed by atoms with Crippen molar-refractivity contribution in [2.24, 2.45) is 5.73 Å². The maximum absolute atomic E-state index is 13.9. The van der Waals surface area contributed by atoms with Crippen LogP contribution in [-0.2, 0) is 27.8 Å². The molecule has 10 heteroatoms. The molecule has 4 aliphatic rings. The van der Waals surface area contributed by atoms with Gasteiger partial charge >= 0.3 is 6.01 Å². The lowest BCUT2D eigenvalue weighted by molar-refractivity contribution is -0.128. The predicted octanol–water partition coefficient (Wildman–Crippen LogP) is 1.88. The highest BCUT2D eigenvalue weighted by Crippen LogP contribution is 2.46. The predicted molar refractivity (Wildman–Crippen MR) is 154 cm³/mol. The van der Waals surface area contributed by atoms with E-state index in [-0.39, 0.29) is 17.9 Å². The van der Waals surface area contributed by atoms with Crippen molar-refractivity contribution in [2.75, 3.05) is 56.6 Å². The number of piperazine rings is 1. The van der Waals surface area contributed by atoms with Gasteiger partial charge in [0.05, 0.1) is 17.2 Å². The van der Waals surface area contributed by atoms with Gasteiger partial charge in [-0.25, -0.2) is 0 Å². The molecule has 2 fully saturated rings. The summed E-state index contributed by atoms with van der Waals surface area (Å²) in [4.78, 5) is 42.3. The number of nitrogens with zero attached hydrogens (tertiary/aromatic N) is 5. The Bertz CT molecular complexity index is 1320. The van der Waals surface area contributed by atoms with E-state index < -0.39 is 5.41 Å². The van der Waals surface area contributed by atoms with Crippen molar-refractivity contribution in [1.82, 2.24) is 19.8 Å². The number of likely N-dealkylation sites (N-methyl/N-ethyl adjacent to an activating group) is 1. The van der Waals surface area contributed by atoms with Crippen molar-refractivity contribution in [2.45, 2.75) is 56.0 Å². The number of nitrogens with one attached hydrogen (secondary N) is 1. The number of ether oxygens (including phenoxy) is 1. The van der Waals surface area contributed by atoms with E-state index in [9.17, 15) is 9.59 Å². The second-order valence-electron chi connectivity index (χ2n) is 11.5. The lowest BCUT2D eigenvalue weighted by Crippen LogP contribution is -2.58. The Labute approximate surface area is 235 Å². The van der Waals surface area contributed by atoms with Gasteiger partial charge in [-0.2, -0.15) is 9.97 Å². The molecule has 1 spiro atoms. The zero-order valence-corrected chi connectivity index (χ0v) is 23.3. The van der Waals surface area contributed by atoms with Crippen molar-refractivity contribution in [3.05, 3.63) is 53.7 Å². The number of aryl methyl sites for hydroxylation is 1. The molecule has 1 aliphatic carbocycles. The molecule has 212 valence electrons. The molecule has 0 unspecified atom stereocenters. The van der Waals surface area contributed by atoms with Crippen LogP contribution in [0.15, 0.2) is 36.9 Å². The van der Waals surface area contributed by atoms with Crippen molar-refractivity contribution >= 4 is 23.3 Å². The first-order valence-electron chi connectivity index (χ1n) is 14.5. The summed E-state index contributed by atoms with van der Waals surface area (Å²) in [5.74, 6) is 0.501. The molecule has 2 saturated heterocycles. The number of anilines is 2. The van der Waals surface area contributed by atoms with Crippen LogP contribution in [0, 0.1) is 0 Å². The lowest BCUT2D eigenvalue weighted by atomic mass is 9.65. The van der Waals surface area contributed by atoms with Crippen molar-refractivity contribution in [3.8, 4) is 6.01 Å². The number of hydrogen-bond acceptors (Lipinski definition) is 8. The van der Waals surface area contributed by atoms with Crippen LogP contribution in [0.1, 0.15) is 42.5 Å². The minimum Gasteiger partial charge on any atom is -0.462 e. The number of hydrogen-bond donors (Lipinski definition) is 2. The monoisotopic (exact) mass is 545 g/mol. The molecule has 1 aromatic heterocycles. The quantitative estimate of drug-likeness (QED) is 0.529. The number of likely N-dealkylation sites (tertiary alicyclic amines) is 1. The third-order valence-electron chi connectivity index (χ3n) is 9.26. The first-order chi connectivity index (χ1) is 19.4. The van der Waals surface area contributed by atoms with Gasteiger partial charge in [0.1, 0.15) is 12.3 Å². The molecule has 2 amide bonds. The van der Waals surface area contributed by atoms with Crippen LogP contribution >= 0.6 is 0 Å². The number of amides is 2. The minimum atomic E-state index is -0.661. The summed E-state index contributed by atoms with van der Waals surface area (Å²) in [5, 5.41) is 3.24. The standard InChI is InChI=1S/C30H39N7O3/c1-3-25(38)37-15-14-36(18-22(37)17-31)27-26-24(32-29(34-27)40-19-21-10-7-13-35(21)2)16-30(28(39)33-26)12-6-9-20-8-4-5-11-23(20)30/h3-5,8,11,21-22H,1,6-7,9-10,12-19,31H2,2H3,(H,33,39)/t21-,22-,30-/m0/s1. The number of carbonyl (C=O) groups is 2. The van der Waals surface area contributed by atoms with Gasteiger partial charge in [-0.3, -0.25) is 9.59 Å². The Morgan fingerprint density at radius 3 is 2.85 bits per heavy atom. The first kappa shape index (κ1) is 26.7. The third-order valence-corrected chi connectivity index (χ3v) is 9.26. The number of nitrogens with two attached hydrogens (primary N) is 1. The normalized spacial score (nSPS) is 26.3. The smallest absolute Gasteiger partial charge is 0.318 e. The topological polar surface area (TPSA) is 117 Å². The van der Waals surface area contributed by atoms with Crippen molar-refractivity contribution in [3.63, 3.8) is 0 Å². The summed E-state index contributed by atoms with van der Waals surface area (Å²) in [6, 6.07) is 8.75. The number of fused-ring (bicyclic) bond motifs is 3. The summed E-state index contributed by atoms with van der Waals surface area (Å²) in [6.07, 6.45) is 6.77. The Hall–Kier alpha value is -3.50. The van der Waals surface area contributed by atoms with E-state index in [0.29, 0.717) is 62.8 Å². The van der Waals surface area contributed by atoms with Gasteiger partial charge in [-0.1, -0.05) is 30.8 Å². The molecule has 40 heavy (non-hydrogen) atoms. The maximum Gasteiger partial charge on any atom is 0.318 e. The number of aromatic nitrogens is 2. The molecule has 4 heterocycles. The summed E-state index contributed by atoms with van der Waals surface area (Å²) >= 11 is 0. The minimum absolute atomic E-state index is 0.00547. The third kappa shape index (κ3) is 4.62. The SMILES string of the molecule is C=CC(=O)N1CCN(c2nc(OC[C@@H]3CCCN3C)nc3c2NC(=O)[C@@]2(CCCc4ccccc42)C3)C[C@@H]1CN. The lowest BCUT2D eigenvalue weighted by Gasteiger charge is -2.44. The molecule has 1 aromatic carbocycles.